The van der Waals surface area contributed by atoms with Crippen LogP contribution in [-0.2, 0) is 17.8 Å². The zero-order valence-corrected chi connectivity index (χ0v) is 17.3. The fourth-order valence-electron chi connectivity index (χ4n) is 3.68. The molecule has 1 unspecified atom stereocenters. The van der Waals surface area contributed by atoms with Gasteiger partial charge < -0.3 is 19.4 Å². The van der Waals surface area contributed by atoms with Gasteiger partial charge in [0.05, 0.1) is 14.2 Å². The average molecular weight is 383 g/mol. The van der Waals surface area contributed by atoms with Crippen molar-refractivity contribution in [1.29, 1.82) is 0 Å². The lowest BCUT2D eigenvalue weighted by Gasteiger charge is -2.36. The van der Waals surface area contributed by atoms with Crippen LogP contribution in [0.4, 0.5) is 5.69 Å². The van der Waals surface area contributed by atoms with Gasteiger partial charge in [-0.2, -0.15) is 0 Å². The lowest BCUT2D eigenvalue weighted by molar-refractivity contribution is -0.885. The summed E-state index contributed by atoms with van der Waals surface area (Å²) in [6, 6.07) is 16.9. The number of aryl methyl sites for hydroxylation is 1. The first-order chi connectivity index (χ1) is 13.6. The topological polar surface area (TPSA) is 37.2 Å². The predicted octanol–water partition coefficient (Wildman–Crippen LogP) is 1.62. The van der Waals surface area contributed by atoms with Crippen LogP contribution in [0.1, 0.15) is 18.1 Å². The third-order valence-corrected chi connectivity index (χ3v) is 5.46. The molecule has 0 radical (unpaired) electrons. The molecule has 1 saturated heterocycles. The van der Waals surface area contributed by atoms with E-state index in [1.165, 1.54) is 21.7 Å². The highest BCUT2D eigenvalue weighted by atomic mass is 16.5. The number of rotatable bonds is 7. The highest BCUT2D eigenvalue weighted by molar-refractivity contribution is 5.77. The van der Waals surface area contributed by atoms with Gasteiger partial charge in [0.15, 0.2) is 6.54 Å². The molecular weight excluding hydrogens is 350 g/mol. The predicted molar refractivity (Wildman–Crippen MR) is 113 cm³/mol. The van der Waals surface area contributed by atoms with Crippen molar-refractivity contribution in [1.82, 2.24) is 4.90 Å². The molecule has 3 rings (SSSR count). The first-order valence-corrected chi connectivity index (χ1v) is 10.1. The summed E-state index contributed by atoms with van der Waals surface area (Å²) in [6.07, 6.45) is 1.06. The van der Waals surface area contributed by atoms with Gasteiger partial charge in [0.25, 0.3) is 5.91 Å². The highest BCUT2D eigenvalue weighted by Gasteiger charge is 2.23. The smallest absolute Gasteiger partial charge is 0.277 e. The summed E-state index contributed by atoms with van der Waals surface area (Å²) < 4.78 is 5.22. The van der Waals surface area contributed by atoms with Gasteiger partial charge in [-0.3, -0.25) is 4.79 Å². The van der Waals surface area contributed by atoms with Gasteiger partial charge in [0, 0.05) is 37.4 Å². The molecule has 1 aliphatic heterocycles. The number of likely N-dealkylation sites (N-methyl/N-ethyl adjacent to an activating group) is 1. The second-order valence-corrected chi connectivity index (χ2v) is 7.55. The van der Waals surface area contributed by atoms with E-state index in [0.29, 0.717) is 6.54 Å². The van der Waals surface area contributed by atoms with Crippen LogP contribution >= 0.6 is 0 Å². The van der Waals surface area contributed by atoms with Crippen molar-refractivity contribution in [3.63, 3.8) is 0 Å². The zero-order chi connectivity index (χ0) is 19.9. The standard InChI is InChI=1S/C23H31N3O2/c1-4-19-5-7-20(8-6-19)17-24(2)18-23(27)26-15-13-25(14-16-26)21-9-11-22(28-3)12-10-21/h5-12H,4,13-18H2,1-3H3/p+1. The Morgan fingerprint density at radius 3 is 2.14 bits per heavy atom. The molecule has 0 aromatic heterocycles. The van der Waals surface area contributed by atoms with Crippen LogP contribution in [0.3, 0.4) is 0 Å². The van der Waals surface area contributed by atoms with E-state index in [0.717, 1.165) is 44.9 Å². The van der Waals surface area contributed by atoms with E-state index in [-0.39, 0.29) is 5.91 Å². The van der Waals surface area contributed by atoms with E-state index in [9.17, 15) is 4.79 Å². The van der Waals surface area contributed by atoms with E-state index < -0.39 is 0 Å². The Morgan fingerprint density at radius 1 is 0.964 bits per heavy atom. The third kappa shape index (κ3) is 5.26. The van der Waals surface area contributed by atoms with Crippen molar-refractivity contribution < 1.29 is 14.4 Å². The van der Waals surface area contributed by atoms with Crippen molar-refractivity contribution >= 4 is 11.6 Å². The molecule has 0 bridgehead atoms. The number of methoxy groups -OCH3 is 1. The molecule has 0 spiro atoms. The van der Waals surface area contributed by atoms with Crippen LogP contribution in [0.25, 0.3) is 0 Å². The molecule has 150 valence electrons. The Labute approximate surface area is 168 Å². The Kier molecular flexibility index (Phi) is 6.93. The molecule has 1 N–H and O–H groups in total. The van der Waals surface area contributed by atoms with Crippen molar-refractivity contribution in [3.05, 3.63) is 59.7 Å². The van der Waals surface area contributed by atoms with Crippen LogP contribution in [0, 0.1) is 0 Å². The fraction of sp³-hybridized carbons (Fsp3) is 0.435. The van der Waals surface area contributed by atoms with E-state index in [2.05, 4.69) is 55.3 Å². The van der Waals surface area contributed by atoms with E-state index in [1.807, 2.05) is 17.0 Å². The van der Waals surface area contributed by atoms with Crippen LogP contribution in [0.2, 0.25) is 0 Å². The summed E-state index contributed by atoms with van der Waals surface area (Å²) in [4.78, 5) is 18.3. The molecule has 1 fully saturated rings. The van der Waals surface area contributed by atoms with Gasteiger partial charge in [-0.15, -0.1) is 0 Å². The Bertz CT molecular complexity index is 750. The molecule has 5 nitrogen and oxygen atoms in total. The van der Waals surface area contributed by atoms with Crippen LogP contribution < -0.4 is 14.5 Å². The summed E-state index contributed by atoms with van der Waals surface area (Å²) >= 11 is 0. The minimum atomic E-state index is 0.247. The molecule has 28 heavy (non-hydrogen) atoms. The number of amides is 1. The van der Waals surface area contributed by atoms with Crippen molar-refractivity contribution in [2.75, 3.05) is 51.8 Å². The molecule has 2 aromatic carbocycles. The highest BCUT2D eigenvalue weighted by Crippen LogP contribution is 2.20. The number of benzene rings is 2. The summed E-state index contributed by atoms with van der Waals surface area (Å²) in [5, 5.41) is 0. The number of hydrogen-bond donors (Lipinski definition) is 1. The number of carbonyl (C=O) groups excluding carboxylic acids is 1. The maximum absolute atomic E-state index is 12.7. The summed E-state index contributed by atoms with van der Waals surface area (Å²) in [5.74, 6) is 1.12. The monoisotopic (exact) mass is 382 g/mol. The van der Waals surface area contributed by atoms with Crippen molar-refractivity contribution in [2.45, 2.75) is 19.9 Å². The van der Waals surface area contributed by atoms with Gasteiger partial charge in [-0.1, -0.05) is 31.2 Å². The minimum Gasteiger partial charge on any atom is -0.497 e. The number of piperazine rings is 1. The third-order valence-electron chi connectivity index (χ3n) is 5.46. The van der Waals surface area contributed by atoms with Crippen molar-refractivity contribution in [2.24, 2.45) is 0 Å². The lowest BCUT2D eigenvalue weighted by atomic mass is 10.1. The molecular formula is C23H32N3O2+. The number of ether oxygens (including phenoxy) is 1. The van der Waals surface area contributed by atoms with Crippen LogP contribution in [0.15, 0.2) is 48.5 Å². The molecule has 1 aliphatic rings. The SMILES string of the molecule is CCc1ccc(C[NH+](C)CC(=O)N2CCN(c3ccc(OC)cc3)CC2)cc1. The van der Waals surface area contributed by atoms with Gasteiger partial charge in [0.1, 0.15) is 12.3 Å². The number of anilines is 1. The molecule has 1 amide bonds. The quantitative estimate of drug-likeness (QED) is 0.791. The normalized spacial score (nSPS) is 15.4. The summed E-state index contributed by atoms with van der Waals surface area (Å²) in [6.45, 7) is 6.89. The number of hydrogen-bond acceptors (Lipinski definition) is 3. The second-order valence-electron chi connectivity index (χ2n) is 7.55. The van der Waals surface area contributed by atoms with E-state index >= 15 is 0 Å². The zero-order valence-electron chi connectivity index (χ0n) is 17.3. The lowest BCUT2D eigenvalue weighted by Crippen LogP contribution is -3.09. The van der Waals surface area contributed by atoms with Crippen LogP contribution in [0.5, 0.6) is 5.75 Å². The summed E-state index contributed by atoms with van der Waals surface area (Å²) in [7, 11) is 3.78. The maximum atomic E-state index is 12.7. The minimum absolute atomic E-state index is 0.247. The average Bonchev–Trinajstić information content (AvgIpc) is 2.74. The first kappa shape index (κ1) is 20.2. The Balaban J connectivity index is 1.46. The van der Waals surface area contributed by atoms with E-state index in [1.54, 1.807) is 7.11 Å². The molecule has 1 heterocycles. The van der Waals surface area contributed by atoms with Gasteiger partial charge in [-0.25, -0.2) is 0 Å². The first-order valence-electron chi connectivity index (χ1n) is 10.1. The Morgan fingerprint density at radius 2 is 1.57 bits per heavy atom. The Hall–Kier alpha value is -2.53. The van der Waals surface area contributed by atoms with Gasteiger partial charge in [-0.05, 0) is 36.2 Å². The maximum Gasteiger partial charge on any atom is 0.277 e. The number of quaternary nitrogens is 1. The fourth-order valence-corrected chi connectivity index (χ4v) is 3.68. The van der Waals surface area contributed by atoms with Gasteiger partial charge in [0.2, 0.25) is 0 Å². The largest absolute Gasteiger partial charge is 0.497 e. The van der Waals surface area contributed by atoms with Crippen molar-refractivity contribution in [3.8, 4) is 5.75 Å². The molecule has 5 heteroatoms. The number of nitrogens with one attached hydrogen (secondary N) is 1. The summed E-state index contributed by atoms with van der Waals surface area (Å²) in [5.41, 5.74) is 3.82. The number of carbonyl (C=O) groups is 1. The number of nitrogens with zero attached hydrogens (tertiary/aromatic N) is 2. The van der Waals surface area contributed by atoms with E-state index in [4.69, 9.17) is 4.74 Å². The molecule has 2 aromatic rings. The van der Waals surface area contributed by atoms with Gasteiger partial charge >= 0.3 is 0 Å². The molecule has 1 atom stereocenters. The molecule has 0 aliphatic carbocycles. The molecule has 0 saturated carbocycles. The second kappa shape index (κ2) is 9.60. The van der Waals surface area contributed by atoms with Crippen LogP contribution in [-0.4, -0.2) is 57.7 Å².